The van der Waals surface area contributed by atoms with Gasteiger partial charge in [0, 0.05) is 23.7 Å². The summed E-state index contributed by atoms with van der Waals surface area (Å²) in [5.74, 6) is 1.76. The van der Waals surface area contributed by atoms with Gasteiger partial charge in [0.2, 0.25) is 5.82 Å². The highest BCUT2D eigenvalue weighted by molar-refractivity contribution is 6.33. The summed E-state index contributed by atoms with van der Waals surface area (Å²) in [6.45, 7) is 4.57. The number of carbonyl (C=O) groups is 1. The van der Waals surface area contributed by atoms with Crippen molar-refractivity contribution in [1.29, 1.82) is 0 Å². The molecular formula is C23H26ClN3O4. The van der Waals surface area contributed by atoms with Gasteiger partial charge in [0.15, 0.2) is 0 Å². The molecule has 0 bridgehead atoms. The van der Waals surface area contributed by atoms with E-state index in [0.717, 1.165) is 29.0 Å². The molecule has 1 aliphatic rings. The van der Waals surface area contributed by atoms with E-state index < -0.39 is 0 Å². The lowest BCUT2D eigenvalue weighted by Crippen LogP contribution is -2.34. The van der Waals surface area contributed by atoms with Crippen molar-refractivity contribution in [3.8, 4) is 28.6 Å². The number of benzene rings is 2. The van der Waals surface area contributed by atoms with Crippen LogP contribution in [0, 0.1) is 0 Å². The van der Waals surface area contributed by atoms with Crippen LogP contribution in [0.3, 0.4) is 0 Å². The summed E-state index contributed by atoms with van der Waals surface area (Å²) < 4.78 is 11.1. The Labute approximate surface area is 186 Å². The first-order valence-corrected chi connectivity index (χ1v) is 10.6. The van der Waals surface area contributed by atoms with Crippen molar-refractivity contribution in [3.05, 3.63) is 53.1 Å². The van der Waals surface area contributed by atoms with E-state index in [1.807, 2.05) is 50.2 Å². The lowest BCUT2D eigenvalue weighted by Gasteiger charge is -2.26. The monoisotopic (exact) mass is 443 g/mol. The van der Waals surface area contributed by atoms with Crippen LogP contribution in [-0.2, 0) is 11.3 Å². The van der Waals surface area contributed by atoms with Crippen molar-refractivity contribution < 1.29 is 19.2 Å². The van der Waals surface area contributed by atoms with Gasteiger partial charge < -0.3 is 19.7 Å². The second-order valence-corrected chi connectivity index (χ2v) is 7.95. The number of halogens is 1. The first-order chi connectivity index (χ1) is 15.0. The second kappa shape index (κ2) is 10.9. The van der Waals surface area contributed by atoms with Crippen molar-refractivity contribution in [2.24, 2.45) is 0 Å². The quantitative estimate of drug-likeness (QED) is 0.485. The number of rotatable bonds is 7. The van der Waals surface area contributed by atoms with Gasteiger partial charge in [-0.2, -0.15) is 4.98 Å². The minimum atomic E-state index is -0.250. The van der Waals surface area contributed by atoms with Gasteiger partial charge in [0.05, 0.1) is 11.1 Å². The van der Waals surface area contributed by atoms with Crippen molar-refractivity contribution in [2.45, 2.75) is 51.8 Å². The summed E-state index contributed by atoms with van der Waals surface area (Å²) in [4.78, 5) is 12.9. The summed E-state index contributed by atoms with van der Waals surface area (Å²) in [5, 5.41) is 15.2. The molecule has 0 atom stereocenters. The SMILES string of the molecule is CC(C)Oc1ccc(-c2nc(-c3ccc(CNC4CCC4)cc3Cl)no2)cc1.O=CO. The molecule has 1 aliphatic carbocycles. The Hall–Kier alpha value is -2.90. The van der Waals surface area contributed by atoms with Gasteiger partial charge in [-0.3, -0.25) is 4.79 Å². The molecule has 1 heterocycles. The molecule has 164 valence electrons. The van der Waals surface area contributed by atoms with Crippen molar-refractivity contribution in [2.75, 3.05) is 0 Å². The zero-order chi connectivity index (χ0) is 22.2. The summed E-state index contributed by atoms with van der Waals surface area (Å²) in [7, 11) is 0. The van der Waals surface area contributed by atoms with Crippen molar-refractivity contribution >= 4 is 18.1 Å². The Morgan fingerprint density at radius 1 is 1.26 bits per heavy atom. The molecule has 1 aromatic heterocycles. The fourth-order valence-electron chi connectivity index (χ4n) is 3.12. The molecule has 0 radical (unpaired) electrons. The van der Waals surface area contributed by atoms with Gasteiger partial charge in [0.1, 0.15) is 5.75 Å². The van der Waals surface area contributed by atoms with E-state index in [2.05, 4.69) is 21.5 Å². The number of carboxylic acid groups (broad SMARTS) is 1. The summed E-state index contributed by atoms with van der Waals surface area (Å²) in [6.07, 6.45) is 3.99. The summed E-state index contributed by atoms with van der Waals surface area (Å²) in [6, 6.07) is 14.2. The first-order valence-electron chi connectivity index (χ1n) is 10.2. The molecule has 0 saturated heterocycles. The van der Waals surface area contributed by atoms with E-state index in [-0.39, 0.29) is 12.6 Å². The van der Waals surface area contributed by atoms with E-state index in [4.69, 9.17) is 30.8 Å². The number of nitrogens with zero attached hydrogens (tertiary/aromatic N) is 2. The maximum atomic E-state index is 8.36. The molecule has 1 saturated carbocycles. The Kier molecular flexibility index (Phi) is 8.03. The van der Waals surface area contributed by atoms with Crippen LogP contribution in [-0.4, -0.2) is 33.9 Å². The van der Waals surface area contributed by atoms with Crippen LogP contribution < -0.4 is 10.1 Å². The predicted octanol–water partition coefficient (Wildman–Crippen LogP) is 5.19. The molecule has 2 aromatic carbocycles. The average Bonchev–Trinajstić information content (AvgIpc) is 3.17. The maximum Gasteiger partial charge on any atom is 0.290 e. The molecule has 0 amide bonds. The maximum absolute atomic E-state index is 8.36. The Balaban J connectivity index is 0.000000858. The molecule has 7 nitrogen and oxygen atoms in total. The predicted molar refractivity (Wildman–Crippen MR) is 119 cm³/mol. The molecule has 8 heteroatoms. The van der Waals surface area contributed by atoms with E-state index in [1.54, 1.807) is 0 Å². The van der Waals surface area contributed by atoms with Crippen molar-refractivity contribution in [3.63, 3.8) is 0 Å². The third kappa shape index (κ3) is 6.29. The number of nitrogens with one attached hydrogen (secondary N) is 1. The van der Waals surface area contributed by atoms with Crippen LogP contribution in [0.15, 0.2) is 47.0 Å². The molecule has 1 fully saturated rings. The van der Waals surface area contributed by atoms with Crippen LogP contribution in [0.1, 0.15) is 38.7 Å². The van der Waals surface area contributed by atoms with Crippen LogP contribution in [0.2, 0.25) is 5.02 Å². The normalized spacial score (nSPS) is 13.3. The van der Waals surface area contributed by atoms with E-state index in [9.17, 15) is 0 Å². The first kappa shape index (κ1) is 22.8. The Morgan fingerprint density at radius 3 is 2.55 bits per heavy atom. The fraction of sp³-hybridized carbons (Fsp3) is 0.348. The molecule has 0 unspecified atom stereocenters. The van der Waals surface area contributed by atoms with E-state index >= 15 is 0 Å². The molecule has 3 aromatic rings. The van der Waals surface area contributed by atoms with Crippen LogP contribution in [0.5, 0.6) is 5.75 Å². The smallest absolute Gasteiger partial charge is 0.290 e. The van der Waals surface area contributed by atoms with Gasteiger partial charge in [-0.1, -0.05) is 29.2 Å². The topological polar surface area (TPSA) is 97.5 Å². The largest absolute Gasteiger partial charge is 0.491 e. The molecular weight excluding hydrogens is 418 g/mol. The average molecular weight is 444 g/mol. The zero-order valence-electron chi connectivity index (χ0n) is 17.5. The third-order valence-electron chi connectivity index (χ3n) is 4.87. The van der Waals surface area contributed by atoms with E-state index in [0.29, 0.717) is 22.8 Å². The Morgan fingerprint density at radius 2 is 1.97 bits per heavy atom. The van der Waals surface area contributed by atoms with Gasteiger partial charge in [0.25, 0.3) is 12.4 Å². The Bertz CT molecular complexity index is 985. The molecule has 31 heavy (non-hydrogen) atoms. The van der Waals surface area contributed by atoms with Gasteiger partial charge in [-0.25, -0.2) is 0 Å². The van der Waals surface area contributed by atoms with Crippen LogP contribution >= 0.6 is 11.6 Å². The summed E-state index contributed by atoms with van der Waals surface area (Å²) in [5.41, 5.74) is 2.77. The van der Waals surface area contributed by atoms with Crippen LogP contribution in [0.25, 0.3) is 22.8 Å². The minimum absolute atomic E-state index is 0.134. The second-order valence-electron chi connectivity index (χ2n) is 7.54. The molecule has 0 spiro atoms. The summed E-state index contributed by atoms with van der Waals surface area (Å²) >= 11 is 6.49. The lowest BCUT2D eigenvalue weighted by molar-refractivity contribution is -0.122. The van der Waals surface area contributed by atoms with E-state index in [1.165, 1.54) is 19.3 Å². The molecule has 4 rings (SSSR count). The number of hydrogen-bond acceptors (Lipinski definition) is 6. The highest BCUT2D eigenvalue weighted by atomic mass is 35.5. The fourth-order valence-corrected chi connectivity index (χ4v) is 3.41. The minimum Gasteiger partial charge on any atom is -0.491 e. The molecule has 2 N–H and O–H groups in total. The number of hydrogen-bond donors (Lipinski definition) is 2. The van der Waals surface area contributed by atoms with Gasteiger partial charge >= 0.3 is 0 Å². The number of aromatic nitrogens is 2. The third-order valence-corrected chi connectivity index (χ3v) is 5.19. The lowest BCUT2D eigenvalue weighted by atomic mass is 9.93. The number of ether oxygens (including phenoxy) is 1. The standard InChI is InChI=1S/C22H24ClN3O2.CH2O2/c1-14(2)27-18-9-7-16(8-10-18)22-25-21(26-28-22)19-11-6-15(12-20(19)23)13-24-17-4-3-5-17;2-1-3/h6-12,14,17,24H,3-5,13H2,1-2H3;1H,(H,2,3). The zero-order valence-corrected chi connectivity index (χ0v) is 18.3. The highest BCUT2D eigenvalue weighted by Gasteiger charge is 2.17. The van der Waals surface area contributed by atoms with Crippen molar-refractivity contribution in [1.82, 2.24) is 15.5 Å². The highest BCUT2D eigenvalue weighted by Crippen LogP contribution is 2.29. The van der Waals surface area contributed by atoms with Gasteiger partial charge in [-0.05, 0) is 68.7 Å². The molecule has 0 aliphatic heterocycles. The van der Waals surface area contributed by atoms with Gasteiger partial charge in [-0.15, -0.1) is 0 Å². The van der Waals surface area contributed by atoms with Crippen LogP contribution in [0.4, 0.5) is 0 Å².